The van der Waals surface area contributed by atoms with Gasteiger partial charge in [-0.25, -0.2) is 0 Å². The Balaban J connectivity index is 2.34. The predicted octanol–water partition coefficient (Wildman–Crippen LogP) is 3.19. The van der Waals surface area contributed by atoms with E-state index >= 15 is 0 Å². The number of carbonyl (C=O) groups is 1. The van der Waals surface area contributed by atoms with Crippen molar-refractivity contribution in [3.05, 3.63) is 35.9 Å². The summed E-state index contributed by atoms with van der Waals surface area (Å²) in [6.45, 7) is 2.29. The van der Waals surface area contributed by atoms with Gasteiger partial charge in [-0.1, -0.05) is 59.8 Å². The van der Waals surface area contributed by atoms with Gasteiger partial charge in [0.05, 0.1) is 5.92 Å². The van der Waals surface area contributed by atoms with E-state index in [0.29, 0.717) is 6.61 Å². The summed E-state index contributed by atoms with van der Waals surface area (Å²) in [6.07, 6.45) is 0.883. The molecule has 0 aliphatic rings. The number of halogens is 1. The van der Waals surface area contributed by atoms with Gasteiger partial charge in [-0.3, -0.25) is 4.79 Å². The maximum absolute atomic E-state index is 11.5. The molecule has 0 bridgehead atoms. The first-order valence-corrected chi connectivity index (χ1v) is 6.53. The lowest BCUT2D eigenvalue weighted by Gasteiger charge is -2.09. The molecule has 1 aromatic rings. The fourth-order valence-electron chi connectivity index (χ4n) is 1.15. The largest absolute Gasteiger partial charge is 0.461 e. The number of rotatable bonds is 5. The second-order valence-electron chi connectivity index (χ2n) is 3.47. The number of benzene rings is 1. The molecule has 15 heavy (non-hydrogen) atoms. The van der Waals surface area contributed by atoms with E-state index in [2.05, 4.69) is 22.6 Å². The Bertz CT molecular complexity index is 298. The number of carbonyl (C=O) groups excluding carboxylic acids is 1. The second-order valence-corrected chi connectivity index (χ2v) is 4.55. The molecule has 1 rings (SSSR count). The Morgan fingerprint density at radius 1 is 1.40 bits per heavy atom. The summed E-state index contributed by atoms with van der Waals surface area (Å²) in [4.78, 5) is 11.5. The molecule has 0 aliphatic carbocycles. The highest BCUT2D eigenvalue weighted by Crippen LogP contribution is 2.09. The summed E-state index contributed by atoms with van der Waals surface area (Å²) >= 11 is 2.27. The van der Waals surface area contributed by atoms with Crippen LogP contribution in [0.3, 0.4) is 0 Å². The van der Waals surface area contributed by atoms with Gasteiger partial charge in [-0.05, 0) is 12.0 Å². The highest BCUT2D eigenvalue weighted by atomic mass is 127. The average Bonchev–Trinajstić information content (AvgIpc) is 2.27. The van der Waals surface area contributed by atoms with Gasteiger partial charge in [0.2, 0.25) is 0 Å². The van der Waals surface area contributed by atoms with Gasteiger partial charge in [0, 0.05) is 4.43 Å². The summed E-state index contributed by atoms with van der Waals surface area (Å²) < 4.78 is 6.19. The van der Waals surface area contributed by atoms with Crippen LogP contribution in [0.4, 0.5) is 0 Å². The zero-order valence-electron chi connectivity index (χ0n) is 8.78. The topological polar surface area (TPSA) is 26.3 Å². The first kappa shape index (κ1) is 12.5. The van der Waals surface area contributed by atoms with Crippen LogP contribution in [0.15, 0.2) is 30.3 Å². The zero-order valence-corrected chi connectivity index (χ0v) is 10.9. The molecule has 0 N–H and O–H groups in total. The van der Waals surface area contributed by atoms with E-state index in [0.717, 1.165) is 16.4 Å². The van der Waals surface area contributed by atoms with Crippen molar-refractivity contribution in [3.8, 4) is 0 Å². The first-order chi connectivity index (χ1) is 7.24. The van der Waals surface area contributed by atoms with Crippen LogP contribution in [-0.2, 0) is 16.1 Å². The van der Waals surface area contributed by atoms with E-state index in [9.17, 15) is 4.79 Å². The summed E-state index contributed by atoms with van der Waals surface area (Å²) in [7, 11) is 0. The predicted molar refractivity (Wildman–Crippen MR) is 68.9 cm³/mol. The van der Waals surface area contributed by atoms with Crippen molar-refractivity contribution < 1.29 is 9.53 Å². The van der Waals surface area contributed by atoms with Crippen molar-refractivity contribution in [2.75, 3.05) is 4.43 Å². The summed E-state index contributed by atoms with van der Waals surface area (Å²) in [5.74, 6) is -0.0962. The SMILES string of the molecule is CC(CCI)C(=O)OCc1ccccc1. The highest BCUT2D eigenvalue weighted by molar-refractivity contribution is 14.1. The molecule has 1 atom stereocenters. The quantitative estimate of drug-likeness (QED) is 0.473. The van der Waals surface area contributed by atoms with Crippen molar-refractivity contribution in [2.24, 2.45) is 5.92 Å². The van der Waals surface area contributed by atoms with Crippen LogP contribution in [0.2, 0.25) is 0 Å². The van der Waals surface area contributed by atoms with Crippen molar-refractivity contribution in [3.63, 3.8) is 0 Å². The maximum atomic E-state index is 11.5. The fraction of sp³-hybridized carbons (Fsp3) is 0.417. The number of esters is 1. The number of hydrogen-bond donors (Lipinski definition) is 0. The van der Waals surface area contributed by atoms with Crippen molar-refractivity contribution >= 4 is 28.6 Å². The van der Waals surface area contributed by atoms with Gasteiger partial charge in [-0.2, -0.15) is 0 Å². The van der Waals surface area contributed by atoms with Gasteiger partial charge in [-0.15, -0.1) is 0 Å². The Labute approximate surface area is 104 Å². The molecule has 0 aliphatic heterocycles. The van der Waals surface area contributed by atoms with Crippen molar-refractivity contribution in [2.45, 2.75) is 20.0 Å². The van der Waals surface area contributed by atoms with Crippen LogP contribution < -0.4 is 0 Å². The second kappa shape index (κ2) is 6.82. The van der Waals surface area contributed by atoms with Crippen molar-refractivity contribution in [1.29, 1.82) is 0 Å². The molecule has 3 heteroatoms. The Morgan fingerprint density at radius 3 is 2.67 bits per heavy atom. The third-order valence-electron chi connectivity index (χ3n) is 2.17. The molecule has 0 saturated heterocycles. The number of ether oxygens (including phenoxy) is 1. The molecule has 0 saturated carbocycles. The summed E-state index contributed by atoms with van der Waals surface area (Å²) in [5.41, 5.74) is 1.03. The molecule has 2 nitrogen and oxygen atoms in total. The van der Waals surface area contributed by atoms with E-state index in [4.69, 9.17) is 4.74 Å². The lowest BCUT2D eigenvalue weighted by molar-refractivity contribution is -0.149. The average molecular weight is 318 g/mol. The van der Waals surface area contributed by atoms with Gasteiger partial charge in [0.1, 0.15) is 6.61 Å². The van der Waals surface area contributed by atoms with Gasteiger partial charge < -0.3 is 4.74 Å². The van der Waals surface area contributed by atoms with Crippen LogP contribution in [0.25, 0.3) is 0 Å². The smallest absolute Gasteiger partial charge is 0.309 e. The molecule has 0 radical (unpaired) electrons. The van der Waals surface area contributed by atoms with E-state index < -0.39 is 0 Å². The van der Waals surface area contributed by atoms with Crippen LogP contribution in [0.5, 0.6) is 0 Å². The van der Waals surface area contributed by atoms with E-state index in [-0.39, 0.29) is 11.9 Å². The molecule has 1 unspecified atom stereocenters. The van der Waals surface area contributed by atoms with Crippen molar-refractivity contribution in [1.82, 2.24) is 0 Å². The van der Waals surface area contributed by atoms with E-state index in [1.165, 1.54) is 0 Å². The molecule has 82 valence electrons. The highest BCUT2D eigenvalue weighted by Gasteiger charge is 2.13. The molecule has 0 spiro atoms. The maximum Gasteiger partial charge on any atom is 0.309 e. The van der Waals surface area contributed by atoms with Crippen LogP contribution >= 0.6 is 22.6 Å². The van der Waals surface area contributed by atoms with Crippen LogP contribution in [0.1, 0.15) is 18.9 Å². The lowest BCUT2D eigenvalue weighted by Crippen LogP contribution is -2.15. The molecular weight excluding hydrogens is 303 g/mol. The molecule has 0 aromatic heterocycles. The molecule has 0 amide bonds. The minimum absolute atomic E-state index is 0.00520. The number of alkyl halides is 1. The Hall–Kier alpha value is -0.580. The van der Waals surface area contributed by atoms with E-state index in [1.54, 1.807) is 0 Å². The zero-order chi connectivity index (χ0) is 11.1. The fourth-order valence-corrected chi connectivity index (χ4v) is 2.09. The molecule has 1 aromatic carbocycles. The normalized spacial score (nSPS) is 12.1. The minimum atomic E-state index is -0.101. The Kier molecular flexibility index (Phi) is 5.68. The van der Waals surface area contributed by atoms with E-state index in [1.807, 2.05) is 37.3 Å². The monoisotopic (exact) mass is 318 g/mol. The molecule has 0 fully saturated rings. The molecule has 0 heterocycles. The van der Waals surface area contributed by atoms with Gasteiger partial charge in [0.25, 0.3) is 0 Å². The minimum Gasteiger partial charge on any atom is -0.461 e. The third kappa shape index (κ3) is 4.64. The summed E-state index contributed by atoms with van der Waals surface area (Å²) in [5, 5.41) is 0. The van der Waals surface area contributed by atoms with Gasteiger partial charge >= 0.3 is 5.97 Å². The number of hydrogen-bond acceptors (Lipinski definition) is 2. The Morgan fingerprint density at radius 2 is 2.07 bits per heavy atom. The first-order valence-electron chi connectivity index (χ1n) is 5.00. The van der Waals surface area contributed by atoms with Gasteiger partial charge in [0.15, 0.2) is 0 Å². The third-order valence-corrected chi connectivity index (χ3v) is 2.79. The standard InChI is InChI=1S/C12H15IO2/c1-10(7-8-13)12(14)15-9-11-5-3-2-4-6-11/h2-6,10H,7-9H2,1H3. The molecular formula is C12H15IO2. The lowest BCUT2D eigenvalue weighted by atomic mass is 10.1. The summed E-state index contributed by atoms with van der Waals surface area (Å²) in [6, 6.07) is 9.74. The van der Waals surface area contributed by atoms with Crippen LogP contribution in [-0.4, -0.2) is 10.4 Å². The van der Waals surface area contributed by atoms with Crippen LogP contribution in [0, 0.1) is 5.92 Å².